The zero-order chi connectivity index (χ0) is 16.2. The van der Waals surface area contributed by atoms with Crippen LogP contribution < -0.4 is 4.74 Å². The number of fused-ring (bicyclic) bond motifs is 1. The van der Waals surface area contributed by atoms with Gasteiger partial charge in [-0.15, -0.1) is 0 Å². The molecule has 0 aliphatic carbocycles. The number of aliphatic hydroxyl groups is 1. The minimum atomic E-state index is -4.45. The Hall–Kier alpha value is -1.41. The minimum Gasteiger partial charge on any atom is -0.481 e. The van der Waals surface area contributed by atoms with Gasteiger partial charge in [-0.05, 0) is 38.8 Å². The van der Waals surface area contributed by atoms with E-state index in [9.17, 15) is 18.3 Å². The lowest BCUT2D eigenvalue weighted by atomic mass is 9.96. The molecular formula is C14H20F3N3O2. The molecular weight excluding hydrogens is 299 g/mol. The SMILES string of the molecule is COc1cc(C(F)(F)F)ncn1.OCC12CCCN1CCC2. The molecule has 1 N–H and O–H groups in total. The fraction of sp³-hybridized carbons (Fsp3) is 0.714. The third-order valence-electron chi connectivity index (χ3n) is 4.25. The number of methoxy groups -OCH3 is 1. The molecule has 22 heavy (non-hydrogen) atoms. The van der Waals surface area contributed by atoms with Gasteiger partial charge in [0.25, 0.3) is 0 Å². The van der Waals surface area contributed by atoms with Gasteiger partial charge in [0.15, 0.2) is 5.69 Å². The molecule has 124 valence electrons. The topological polar surface area (TPSA) is 58.5 Å². The van der Waals surface area contributed by atoms with Gasteiger partial charge < -0.3 is 9.84 Å². The van der Waals surface area contributed by atoms with Crippen LogP contribution in [0.2, 0.25) is 0 Å². The number of hydrogen-bond donors (Lipinski definition) is 1. The molecule has 8 heteroatoms. The lowest BCUT2D eigenvalue weighted by Gasteiger charge is -2.29. The predicted molar refractivity (Wildman–Crippen MR) is 73.4 cm³/mol. The van der Waals surface area contributed by atoms with Crippen LogP contribution in [-0.2, 0) is 6.18 Å². The fourth-order valence-corrected chi connectivity index (χ4v) is 3.09. The van der Waals surface area contributed by atoms with Gasteiger partial charge in [-0.25, -0.2) is 9.97 Å². The standard InChI is InChI=1S/C8H15NO.C6H5F3N2O/c10-7-8-3-1-5-9(8)6-2-4-8;1-12-5-2-4(6(7,8)9)10-3-11-5/h10H,1-7H2;2-3H,1H3. The van der Waals surface area contributed by atoms with Crippen molar-refractivity contribution in [2.24, 2.45) is 0 Å². The summed E-state index contributed by atoms with van der Waals surface area (Å²) in [5.74, 6) is -0.0997. The van der Waals surface area contributed by atoms with E-state index in [1.807, 2.05) is 0 Å². The Balaban J connectivity index is 0.000000162. The Labute approximate surface area is 127 Å². The van der Waals surface area contributed by atoms with Gasteiger partial charge in [-0.3, -0.25) is 4.90 Å². The van der Waals surface area contributed by atoms with E-state index in [0.29, 0.717) is 6.61 Å². The highest BCUT2D eigenvalue weighted by Crippen LogP contribution is 2.37. The van der Waals surface area contributed by atoms with Crippen molar-refractivity contribution in [1.29, 1.82) is 0 Å². The van der Waals surface area contributed by atoms with E-state index in [-0.39, 0.29) is 11.4 Å². The molecule has 0 spiro atoms. The summed E-state index contributed by atoms with van der Waals surface area (Å²) in [7, 11) is 1.24. The van der Waals surface area contributed by atoms with Gasteiger partial charge >= 0.3 is 6.18 Å². The molecule has 2 fully saturated rings. The molecule has 0 atom stereocenters. The lowest BCUT2D eigenvalue weighted by Crippen LogP contribution is -2.41. The quantitative estimate of drug-likeness (QED) is 0.905. The highest BCUT2D eigenvalue weighted by molar-refractivity contribution is 5.15. The predicted octanol–water partition coefficient (Wildman–Crippen LogP) is 2.11. The molecule has 0 radical (unpaired) electrons. The van der Waals surface area contributed by atoms with E-state index >= 15 is 0 Å². The number of hydrogen-bond acceptors (Lipinski definition) is 5. The van der Waals surface area contributed by atoms with Crippen LogP contribution >= 0.6 is 0 Å². The normalized spacial score (nSPS) is 20.2. The maximum Gasteiger partial charge on any atom is 0.433 e. The third-order valence-corrected chi connectivity index (χ3v) is 4.25. The second-order valence-electron chi connectivity index (χ2n) is 5.52. The first-order chi connectivity index (χ1) is 10.4. The van der Waals surface area contributed by atoms with Crippen LogP contribution in [0.3, 0.4) is 0 Å². The number of alkyl halides is 3. The fourth-order valence-electron chi connectivity index (χ4n) is 3.09. The molecule has 1 aromatic heterocycles. The van der Waals surface area contributed by atoms with Gasteiger partial charge in [0.1, 0.15) is 6.33 Å². The van der Waals surface area contributed by atoms with E-state index in [0.717, 1.165) is 12.4 Å². The largest absolute Gasteiger partial charge is 0.481 e. The van der Waals surface area contributed by atoms with E-state index in [1.54, 1.807) is 0 Å². The number of rotatable bonds is 2. The first kappa shape index (κ1) is 17.0. The number of aliphatic hydroxyl groups excluding tert-OH is 1. The van der Waals surface area contributed by atoms with Crippen molar-refractivity contribution in [3.05, 3.63) is 18.1 Å². The zero-order valence-corrected chi connectivity index (χ0v) is 12.4. The molecule has 0 unspecified atom stereocenters. The molecule has 2 aliphatic heterocycles. The van der Waals surface area contributed by atoms with Gasteiger partial charge in [0.2, 0.25) is 5.88 Å². The average molecular weight is 319 g/mol. The summed E-state index contributed by atoms with van der Waals surface area (Å²) in [4.78, 5) is 8.95. The number of ether oxygens (including phenoxy) is 1. The Morgan fingerprint density at radius 2 is 1.91 bits per heavy atom. The Kier molecular flexibility index (Phi) is 5.23. The number of halogens is 3. The highest BCUT2D eigenvalue weighted by Gasteiger charge is 2.43. The van der Waals surface area contributed by atoms with Crippen molar-refractivity contribution in [2.45, 2.75) is 37.4 Å². The van der Waals surface area contributed by atoms with Crippen molar-refractivity contribution < 1.29 is 23.0 Å². The summed E-state index contributed by atoms with van der Waals surface area (Å²) >= 11 is 0. The molecule has 2 aliphatic rings. The van der Waals surface area contributed by atoms with E-state index < -0.39 is 11.9 Å². The van der Waals surface area contributed by atoms with Crippen molar-refractivity contribution in [2.75, 3.05) is 26.8 Å². The van der Waals surface area contributed by atoms with Crippen LogP contribution in [0.15, 0.2) is 12.4 Å². The van der Waals surface area contributed by atoms with Crippen LogP contribution in [0, 0.1) is 0 Å². The second kappa shape index (κ2) is 6.78. The minimum absolute atomic E-state index is 0.0997. The van der Waals surface area contributed by atoms with Gasteiger partial charge in [-0.1, -0.05) is 0 Å². The molecule has 0 amide bonds. The Morgan fingerprint density at radius 1 is 1.27 bits per heavy atom. The Bertz CT molecular complexity index is 486. The lowest BCUT2D eigenvalue weighted by molar-refractivity contribution is -0.141. The first-order valence-corrected chi connectivity index (χ1v) is 7.20. The maximum absolute atomic E-state index is 12.0. The smallest absolute Gasteiger partial charge is 0.433 e. The molecule has 1 aromatic rings. The van der Waals surface area contributed by atoms with Crippen molar-refractivity contribution >= 4 is 0 Å². The molecule has 0 bridgehead atoms. The average Bonchev–Trinajstić information content (AvgIpc) is 3.07. The van der Waals surface area contributed by atoms with Crippen molar-refractivity contribution in [1.82, 2.24) is 14.9 Å². The van der Waals surface area contributed by atoms with Crippen LogP contribution in [0.4, 0.5) is 13.2 Å². The monoisotopic (exact) mass is 319 g/mol. The van der Waals surface area contributed by atoms with E-state index in [1.165, 1.54) is 45.9 Å². The zero-order valence-electron chi connectivity index (χ0n) is 12.4. The summed E-state index contributed by atoms with van der Waals surface area (Å²) in [6.45, 7) is 2.83. The van der Waals surface area contributed by atoms with E-state index in [2.05, 4.69) is 19.6 Å². The molecule has 3 heterocycles. The van der Waals surface area contributed by atoms with Crippen LogP contribution in [0.25, 0.3) is 0 Å². The molecule has 5 nitrogen and oxygen atoms in total. The Morgan fingerprint density at radius 3 is 2.36 bits per heavy atom. The van der Waals surface area contributed by atoms with E-state index in [4.69, 9.17) is 0 Å². The van der Waals surface area contributed by atoms with Gasteiger partial charge in [0.05, 0.1) is 13.7 Å². The molecule has 2 saturated heterocycles. The summed E-state index contributed by atoms with van der Waals surface area (Å²) in [5, 5.41) is 9.19. The van der Waals surface area contributed by atoms with Crippen LogP contribution in [0.1, 0.15) is 31.4 Å². The van der Waals surface area contributed by atoms with Crippen LogP contribution in [0.5, 0.6) is 5.88 Å². The molecule has 3 rings (SSSR count). The summed E-state index contributed by atoms with van der Waals surface area (Å²) < 4.78 is 40.4. The number of nitrogens with zero attached hydrogens (tertiary/aromatic N) is 3. The van der Waals surface area contributed by atoms with Crippen LogP contribution in [-0.4, -0.2) is 52.3 Å². The number of aromatic nitrogens is 2. The molecule has 0 saturated carbocycles. The third kappa shape index (κ3) is 3.67. The van der Waals surface area contributed by atoms with Gasteiger partial charge in [-0.2, -0.15) is 13.2 Å². The maximum atomic E-state index is 12.0. The molecule has 0 aromatic carbocycles. The second-order valence-corrected chi connectivity index (χ2v) is 5.52. The van der Waals surface area contributed by atoms with Gasteiger partial charge in [0, 0.05) is 11.6 Å². The highest BCUT2D eigenvalue weighted by atomic mass is 19.4. The van der Waals surface area contributed by atoms with Crippen molar-refractivity contribution in [3.63, 3.8) is 0 Å². The summed E-state index contributed by atoms with van der Waals surface area (Å²) in [5.41, 5.74) is -0.769. The first-order valence-electron chi connectivity index (χ1n) is 7.20. The summed E-state index contributed by atoms with van der Waals surface area (Å²) in [6, 6.07) is 0.736. The van der Waals surface area contributed by atoms with Crippen molar-refractivity contribution in [3.8, 4) is 5.88 Å². The summed E-state index contributed by atoms with van der Waals surface area (Å²) in [6.07, 6.45) is 1.39.